The number of methoxy groups -OCH3 is 1. The maximum atomic E-state index is 11.9. The van der Waals surface area contributed by atoms with Gasteiger partial charge in [0, 0.05) is 0 Å². The Labute approximate surface area is 110 Å². The van der Waals surface area contributed by atoms with Crippen LogP contribution in [0.2, 0.25) is 0 Å². The van der Waals surface area contributed by atoms with Crippen molar-refractivity contribution in [2.45, 2.75) is 12.6 Å². The molecular formula is C13H15NO5. The molecule has 1 aromatic rings. The largest absolute Gasteiger partial charge is 0.467 e. The maximum Gasteiger partial charge on any atom is 0.412 e. The van der Waals surface area contributed by atoms with Crippen LogP contribution in [-0.4, -0.2) is 43.5 Å². The van der Waals surface area contributed by atoms with E-state index in [-0.39, 0.29) is 19.9 Å². The van der Waals surface area contributed by atoms with Gasteiger partial charge in [0.25, 0.3) is 0 Å². The van der Waals surface area contributed by atoms with Gasteiger partial charge < -0.3 is 14.2 Å². The summed E-state index contributed by atoms with van der Waals surface area (Å²) in [6.45, 7) is 0.324. The SMILES string of the molecule is COC(=O)[C@@H]1COCN1C(=O)OCc1ccccc1. The topological polar surface area (TPSA) is 65.1 Å². The number of rotatable bonds is 3. The average Bonchev–Trinajstić information content (AvgIpc) is 2.94. The van der Waals surface area contributed by atoms with Gasteiger partial charge in [-0.3, -0.25) is 4.90 Å². The smallest absolute Gasteiger partial charge is 0.412 e. The lowest BCUT2D eigenvalue weighted by Gasteiger charge is -2.19. The number of benzene rings is 1. The molecule has 0 bridgehead atoms. The van der Waals surface area contributed by atoms with Crippen LogP contribution >= 0.6 is 0 Å². The van der Waals surface area contributed by atoms with Crippen LogP contribution < -0.4 is 0 Å². The molecule has 1 aliphatic heterocycles. The molecule has 1 aromatic carbocycles. The summed E-state index contributed by atoms with van der Waals surface area (Å²) in [6.07, 6.45) is -0.586. The summed E-state index contributed by atoms with van der Waals surface area (Å²) < 4.78 is 14.8. The van der Waals surface area contributed by atoms with Gasteiger partial charge in [-0.05, 0) is 5.56 Å². The van der Waals surface area contributed by atoms with Crippen molar-refractivity contribution in [3.05, 3.63) is 35.9 Å². The lowest BCUT2D eigenvalue weighted by Crippen LogP contribution is -2.42. The quantitative estimate of drug-likeness (QED) is 0.767. The zero-order valence-electron chi connectivity index (χ0n) is 10.6. The standard InChI is InChI=1S/C13H15NO5/c1-17-12(15)11-8-18-9-14(11)13(16)19-7-10-5-3-2-4-6-10/h2-6,11H,7-9H2,1H3/t11-/m0/s1. The number of amides is 1. The predicted molar refractivity (Wildman–Crippen MR) is 65.1 cm³/mol. The van der Waals surface area contributed by atoms with Crippen LogP contribution in [0.3, 0.4) is 0 Å². The fourth-order valence-electron chi connectivity index (χ4n) is 1.76. The van der Waals surface area contributed by atoms with Gasteiger partial charge in [-0.2, -0.15) is 0 Å². The summed E-state index contributed by atoms with van der Waals surface area (Å²) in [6, 6.07) is 8.58. The zero-order chi connectivity index (χ0) is 13.7. The Bertz CT molecular complexity index is 448. The Hall–Kier alpha value is -2.08. The van der Waals surface area contributed by atoms with Crippen molar-refractivity contribution in [3.63, 3.8) is 0 Å². The van der Waals surface area contributed by atoms with Crippen LogP contribution in [0.1, 0.15) is 5.56 Å². The van der Waals surface area contributed by atoms with Crippen LogP contribution in [0.5, 0.6) is 0 Å². The second-order valence-electron chi connectivity index (χ2n) is 4.05. The van der Waals surface area contributed by atoms with Crippen LogP contribution in [0.25, 0.3) is 0 Å². The zero-order valence-corrected chi connectivity index (χ0v) is 10.6. The Kier molecular flexibility index (Phi) is 4.35. The molecule has 19 heavy (non-hydrogen) atoms. The molecule has 2 rings (SSSR count). The third kappa shape index (κ3) is 3.23. The molecule has 102 valence electrons. The van der Waals surface area contributed by atoms with E-state index in [0.29, 0.717) is 0 Å². The first-order chi connectivity index (χ1) is 9.22. The van der Waals surface area contributed by atoms with E-state index < -0.39 is 18.1 Å². The summed E-state index contributed by atoms with van der Waals surface area (Å²) >= 11 is 0. The molecule has 0 unspecified atom stereocenters. The number of carbonyl (C=O) groups is 2. The van der Waals surface area contributed by atoms with Crippen LogP contribution in [-0.2, 0) is 25.6 Å². The van der Waals surface area contributed by atoms with Crippen molar-refractivity contribution >= 4 is 12.1 Å². The van der Waals surface area contributed by atoms with Crippen molar-refractivity contribution in [2.24, 2.45) is 0 Å². The first-order valence-electron chi connectivity index (χ1n) is 5.85. The summed E-state index contributed by atoms with van der Waals surface area (Å²) in [7, 11) is 1.27. The van der Waals surface area contributed by atoms with Gasteiger partial charge >= 0.3 is 12.1 Å². The first-order valence-corrected chi connectivity index (χ1v) is 5.85. The highest BCUT2D eigenvalue weighted by molar-refractivity contribution is 5.81. The van der Waals surface area contributed by atoms with Crippen molar-refractivity contribution in [2.75, 3.05) is 20.4 Å². The van der Waals surface area contributed by atoms with Crippen molar-refractivity contribution < 1.29 is 23.8 Å². The average molecular weight is 265 g/mol. The van der Waals surface area contributed by atoms with Gasteiger partial charge in [-0.1, -0.05) is 30.3 Å². The first kappa shape index (κ1) is 13.4. The van der Waals surface area contributed by atoms with Crippen molar-refractivity contribution in [1.29, 1.82) is 0 Å². The molecule has 1 amide bonds. The molecule has 0 radical (unpaired) electrons. The maximum absolute atomic E-state index is 11.9. The number of ether oxygens (including phenoxy) is 3. The van der Waals surface area contributed by atoms with Crippen molar-refractivity contribution in [3.8, 4) is 0 Å². The molecule has 0 N–H and O–H groups in total. The fraction of sp³-hybridized carbons (Fsp3) is 0.385. The monoisotopic (exact) mass is 265 g/mol. The third-order valence-corrected chi connectivity index (χ3v) is 2.80. The van der Waals surface area contributed by atoms with E-state index >= 15 is 0 Å². The molecule has 6 heteroatoms. The Morgan fingerprint density at radius 3 is 2.79 bits per heavy atom. The lowest BCUT2D eigenvalue weighted by molar-refractivity contribution is -0.145. The molecule has 6 nitrogen and oxygen atoms in total. The lowest BCUT2D eigenvalue weighted by atomic mass is 10.2. The van der Waals surface area contributed by atoms with E-state index in [9.17, 15) is 9.59 Å². The van der Waals surface area contributed by atoms with Crippen molar-refractivity contribution in [1.82, 2.24) is 4.90 Å². The molecule has 1 aliphatic rings. The molecule has 0 saturated carbocycles. The fourth-order valence-corrected chi connectivity index (χ4v) is 1.76. The number of hydrogen-bond acceptors (Lipinski definition) is 5. The summed E-state index contributed by atoms with van der Waals surface area (Å²) in [4.78, 5) is 24.5. The van der Waals surface area contributed by atoms with Gasteiger partial charge in [0.15, 0.2) is 6.04 Å². The highest BCUT2D eigenvalue weighted by Gasteiger charge is 2.36. The summed E-state index contributed by atoms with van der Waals surface area (Å²) in [5, 5.41) is 0. The number of carbonyl (C=O) groups excluding carboxylic acids is 2. The normalized spacial score (nSPS) is 18.2. The third-order valence-electron chi connectivity index (χ3n) is 2.80. The van der Waals surface area contributed by atoms with Crippen LogP contribution in [0.4, 0.5) is 4.79 Å². The molecule has 1 atom stereocenters. The second-order valence-corrected chi connectivity index (χ2v) is 4.05. The summed E-state index contributed by atoms with van der Waals surface area (Å²) in [5.74, 6) is -0.505. The second kappa shape index (κ2) is 6.19. The van der Waals surface area contributed by atoms with Crippen LogP contribution in [0, 0.1) is 0 Å². The van der Waals surface area contributed by atoms with Gasteiger partial charge in [0.1, 0.15) is 13.3 Å². The number of esters is 1. The van der Waals surface area contributed by atoms with Gasteiger partial charge in [0.2, 0.25) is 0 Å². The van der Waals surface area contributed by atoms with E-state index in [2.05, 4.69) is 4.74 Å². The minimum Gasteiger partial charge on any atom is -0.467 e. The molecule has 0 aromatic heterocycles. The minimum atomic E-state index is -0.728. The predicted octanol–water partition coefficient (Wildman–Crippen LogP) is 1.15. The molecule has 1 fully saturated rings. The Morgan fingerprint density at radius 2 is 2.11 bits per heavy atom. The van der Waals surface area contributed by atoms with Crippen LogP contribution in [0.15, 0.2) is 30.3 Å². The number of nitrogens with zero attached hydrogens (tertiary/aromatic N) is 1. The van der Waals surface area contributed by atoms with Gasteiger partial charge in [-0.15, -0.1) is 0 Å². The van der Waals surface area contributed by atoms with Gasteiger partial charge in [-0.25, -0.2) is 9.59 Å². The molecular weight excluding hydrogens is 250 g/mol. The Balaban J connectivity index is 1.90. The number of hydrogen-bond donors (Lipinski definition) is 0. The minimum absolute atomic E-state index is 0.0351. The molecule has 1 heterocycles. The van der Waals surface area contributed by atoms with E-state index in [1.807, 2.05) is 30.3 Å². The van der Waals surface area contributed by atoms with Gasteiger partial charge in [0.05, 0.1) is 13.7 Å². The molecule has 0 spiro atoms. The summed E-state index contributed by atoms with van der Waals surface area (Å²) in [5.41, 5.74) is 0.880. The highest BCUT2D eigenvalue weighted by atomic mass is 16.6. The van der Waals surface area contributed by atoms with E-state index in [4.69, 9.17) is 9.47 Å². The van der Waals surface area contributed by atoms with E-state index in [0.717, 1.165) is 5.56 Å². The molecule has 1 saturated heterocycles. The van der Waals surface area contributed by atoms with E-state index in [1.165, 1.54) is 12.0 Å². The highest BCUT2D eigenvalue weighted by Crippen LogP contribution is 2.13. The molecule has 0 aliphatic carbocycles. The Morgan fingerprint density at radius 1 is 1.37 bits per heavy atom. The van der Waals surface area contributed by atoms with E-state index in [1.54, 1.807) is 0 Å².